The molecule has 1 aliphatic rings. The van der Waals surface area contributed by atoms with Crippen LogP contribution in [0.1, 0.15) is 31.4 Å². The Kier molecular flexibility index (Phi) is 3.93. The summed E-state index contributed by atoms with van der Waals surface area (Å²) in [4.78, 5) is 8.68. The van der Waals surface area contributed by atoms with Crippen molar-refractivity contribution in [1.29, 1.82) is 0 Å². The summed E-state index contributed by atoms with van der Waals surface area (Å²) >= 11 is 6.11. The van der Waals surface area contributed by atoms with Crippen LogP contribution in [0, 0.1) is 0 Å². The molecule has 4 N–H and O–H groups in total. The second kappa shape index (κ2) is 5.72. The highest BCUT2D eigenvalue weighted by atomic mass is 35.5. The highest BCUT2D eigenvalue weighted by Crippen LogP contribution is 2.35. The monoisotopic (exact) mass is 302 g/mol. The number of rotatable bonds is 2. The zero-order valence-corrected chi connectivity index (χ0v) is 12.6. The molecule has 21 heavy (non-hydrogen) atoms. The molecule has 0 spiro atoms. The van der Waals surface area contributed by atoms with Crippen LogP contribution < -0.4 is 11.5 Å². The van der Waals surface area contributed by atoms with Gasteiger partial charge in [-0.3, -0.25) is 0 Å². The molecule has 0 aliphatic heterocycles. The molecule has 1 aliphatic carbocycles. The Morgan fingerprint density at radius 1 is 1.19 bits per heavy atom. The fourth-order valence-electron chi connectivity index (χ4n) is 3.01. The summed E-state index contributed by atoms with van der Waals surface area (Å²) in [5, 5.41) is 0.232. The van der Waals surface area contributed by atoms with Gasteiger partial charge in [-0.05, 0) is 43.4 Å². The molecule has 2 aromatic rings. The highest BCUT2D eigenvalue weighted by molar-refractivity contribution is 6.28. The number of hydrogen-bond donors (Lipinski definition) is 2. The molecule has 0 saturated heterocycles. The van der Waals surface area contributed by atoms with E-state index in [1.165, 1.54) is 0 Å². The maximum absolute atomic E-state index is 6.56. The molecular formula is C16H19ClN4. The Labute approximate surface area is 129 Å². The van der Waals surface area contributed by atoms with Gasteiger partial charge < -0.3 is 11.5 Å². The second-order valence-electron chi connectivity index (χ2n) is 5.79. The van der Waals surface area contributed by atoms with Gasteiger partial charge in [-0.15, -0.1) is 0 Å². The van der Waals surface area contributed by atoms with Crippen molar-refractivity contribution in [2.45, 2.75) is 37.3 Å². The third kappa shape index (κ3) is 3.07. The summed E-state index contributed by atoms with van der Waals surface area (Å²) < 4.78 is 0. The summed E-state index contributed by atoms with van der Waals surface area (Å²) in [5.41, 5.74) is 14.7. The van der Waals surface area contributed by atoms with Crippen LogP contribution >= 0.6 is 11.6 Å². The van der Waals surface area contributed by atoms with Crippen LogP contribution in [-0.2, 0) is 5.54 Å². The fraction of sp³-hybridized carbons (Fsp3) is 0.375. The summed E-state index contributed by atoms with van der Waals surface area (Å²) in [5.74, 6) is 0. The molecule has 110 valence electrons. The van der Waals surface area contributed by atoms with Crippen molar-refractivity contribution in [2.75, 3.05) is 0 Å². The number of halogens is 1. The van der Waals surface area contributed by atoms with Gasteiger partial charge in [0.1, 0.15) is 0 Å². The van der Waals surface area contributed by atoms with E-state index in [0.717, 1.165) is 42.6 Å². The van der Waals surface area contributed by atoms with Gasteiger partial charge in [0.2, 0.25) is 5.28 Å². The average Bonchev–Trinajstić information content (AvgIpc) is 2.47. The Bertz CT molecular complexity index is 631. The van der Waals surface area contributed by atoms with Crippen LogP contribution in [0.3, 0.4) is 0 Å². The Balaban J connectivity index is 2.02. The molecule has 1 fully saturated rings. The lowest BCUT2D eigenvalue weighted by molar-refractivity contribution is 0.267. The lowest BCUT2D eigenvalue weighted by Crippen LogP contribution is -2.46. The predicted octanol–water partition coefficient (Wildman–Crippen LogP) is 2.85. The van der Waals surface area contributed by atoms with Gasteiger partial charge in [0.05, 0.1) is 16.9 Å². The summed E-state index contributed by atoms with van der Waals surface area (Å²) in [6.07, 6.45) is 3.64. The van der Waals surface area contributed by atoms with Crippen LogP contribution in [0.4, 0.5) is 0 Å². The molecule has 5 heteroatoms. The molecule has 1 aromatic heterocycles. The minimum absolute atomic E-state index is 0.123. The van der Waals surface area contributed by atoms with Gasteiger partial charge in [0.25, 0.3) is 0 Å². The van der Waals surface area contributed by atoms with Crippen LogP contribution in [0.25, 0.3) is 11.3 Å². The smallest absolute Gasteiger partial charge is 0.223 e. The Hall–Kier alpha value is -1.49. The highest BCUT2D eigenvalue weighted by Gasteiger charge is 2.35. The third-order valence-electron chi connectivity index (χ3n) is 4.10. The lowest BCUT2D eigenvalue weighted by atomic mass is 9.77. The topological polar surface area (TPSA) is 77.8 Å². The minimum atomic E-state index is -0.506. The van der Waals surface area contributed by atoms with Gasteiger partial charge in [-0.1, -0.05) is 30.3 Å². The molecule has 1 heterocycles. The summed E-state index contributed by atoms with van der Waals surface area (Å²) in [7, 11) is 0. The molecule has 1 aromatic carbocycles. The van der Waals surface area contributed by atoms with Gasteiger partial charge in [0.15, 0.2) is 0 Å². The summed E-state index contributed by atoms with van der Waals surface area (Å²) in [6.45, 7) is 0. The maximum Gasteiger partial charge on any atom is 0.223 e. The maximum atomic E-state index is 6.56. The number of hydrogen-bond acceptors (Lipinski definition) is 4. The van der Waals surface area contributed by atoms with Crippen LogP contribution in [-0.4, -0.2) is 16.0 Å². The van der Waals surface area contributed by atoms with E-state index < -0.39 is 5.54 Å². The first kappa shape index (κ1) is 14.4. The molecule has 2 unspecified atom stereocenters. The SMILES string of the molecule is NC1CCCC(N)(c2cc(-c3ccccc3)nc(Cl)n2)C1. The second-order valence-corrected chi connectivity index (χ2v) is 6.12. The number of benzene rings is 1. The van der Waals surface area contributed by atoms with E-state index >= 15 is 0 Å². The van der Waals surface area contributed by atoms with Crippen molar-refractivity contribution in [2.24, 2.45) is 11.5 Å². The van der Waals surface area contributed by atoms with Crippen molar-refractivity contribution in [3.05, 3.63) is 47.4 Å². The number of aromatic nitrogens is 2. The largest absolute Gasteiger partial charge is 0.328 e. The molecule has 0 amide bonds. The van der Waals surface area contributed by atoms with Crippen LogP contribution in [0.15, 0.2) is 36.4 Å². The predicted molar refractivity (Wildman–Crippen MR) is 84.8 cm³/mol. The molecule has 1 saturated carbocycles. The van der Waals surface area contributed by atoms with Gasteiger partial charge in [-0.2, -0.15) is 0 Å². The van der Waals surface area contributed by atoms with E-state index in [1.807, 2.05) is 36.4 Å². The summed E-state index contributed by atoms with van der Waals surface area (Å²) in [6, 6.07) is 12.0. The molecule has 3 rings (SSSR count). The first-order valence-corrected chi connectivity index (χ1v) is 7.60. The van der Waals surface area contributed by atoms with Crippen LogP contribution in [0.2, 0.25) is 5.28 Å². The van der Waals surface area contributed by atoms with Crippen molar-refractivity contribution >= 4 is 11.6 Å². The van der Waals surface area contributed by atoms with E-state index in [9.17, 15) is 0 Å². The van der Waals surface area contributed by atoms with E-state index in [0.29, 0.717) is 0 Å². The molecular weight excluding hydrogens is 284 g/mol. The van der Waals surface area contributed by atoms with Crippen molar-refractivity contribution in [1.82, 2.24) is 9.97 Å². The first-order chi connectivity index (χ1) is 10.1. The van der Waals surface area contributed by atoms with E-state index in [1.54, 1.807) is 0 Å². The fourth-order valence-corrected chi connectivity index (χ4v) is 3.20. The Morgan fingerprint density at radius 3 is 2.67 bits per heavy atom. The minimum Gasteiger partial charge on any atom is -0.328 e. The standard InChI is InChI=1S/C16H19ClN4/c17-15-20-13(11-5-2-1-3-6-11)9-14(21-15)16(19)8-4-7-12(18)10-16/h1-3,5-6,9,12H,4,7-8,10,18-19H2. The zero-order chi connectivity index (χ0) is 14.9. The van der Waals surface area contributed by atoms with Gasteiger partial charge in [-0.25, -0.2) is 9.97 Å². The number of nitrogens with two attached hydrogens (primary N) is 2. The quantitative estimate of drug-likeness (QED) is 0.836. The van der Waals surface area contributed by atoms with Crippen molar-refractivity contribution < 1.29 is 0 Å². The molecule has 4 nitrogen and oxygen atoms in total. The normalized spacial score (nSPS) is 25.8. The van der Waals surface area contributed by atoms with Crippen molar-refractivity contribution in [3.8, 4) is 11.3 Å². The number of nitrogens with zero attached hydrogens (tertiary/aromatic N) is 2. The molecule has 0 radical (unpaired) electrons. The van der Waals surface area contributed by atoms with Crippen molar-refractivity contribution in [3.63, 3.8) is 0 Å². The van der Waals surface area contributed by atoms with Gasteiger partial charge in [0, 0.05) is 11.6 Å². The first-order valence-electron chi connectivity index (χ1n) is 7.22. The zero-order valence-electron chi connectivity index (χ0n) is 11.8. The molecule has 0 bridgehead atoms. The average molecular weight is 303 g/mol. The molecule has 2 atom stereocenters. The lowest BCUT2D eigenvalue weighted by Gasteiger charge is -2.36. The van der Waals surface area contributed by atoms with E-state index in [2.05, 4.69) is 9.97 Å². The van der Waals surface area contributed by atoms with Crippen LogP contribution in [0.5, 0.6) is 0 Å². The third-order valence-corrected chi connectivity index (χ3v) is 4.27. The van der Waals surface area contributed by atoms with E-state index in [4.69, 9.17) is 23.1 Å². The Morgan fingerprint density at radius 2 is 1.95 bits per heavy atom. The van der Waals surface area contributed by atoms with Gasteiger partial charge >= 0.3 is 0 Å². The van der Waals surface area contributed by atoms with E-state index in [-0.39, 0.29) is 11.3 Å².